The first-order valence-electron chi connectivity index (χ1n) is 6.93. The van der Waals surface area contributed by atoms with Crippen molar-refractivity contribution in [3.8, 4) is 11.3 Å². The van der Waals surface area contributed by atoms with Gasteiger partial charge in [0.2, 0.25) is 5.91 Å². The molecule has 130 valence electrons. The topological polar surface area (TPSA) is 59.8 Å². The van der Waals surface area contributed by atoms with Crippen LogP contribution in [0.4, 0.5) is 18.3 Å². The first-order valence-corrected chi connectivity index (χ1v) is 8.19. The minimum Gasteiger partial charge on any atom is -0.300 e. The molecule has 0 atom stereocenters. The van der Waals surface area contributed by atoms with Crippen molar-refractivity contribution >= 4 is 34.0 Å². The van der Waals surface area contributed by atoms with Crippen LogP contribution in [0.2, 0.25) is 5.02 Å². The lowest BCUT2D eigenvalue weighted by atomic mass is 10.2. The average molecular weight is 387 g/mol. The third-order valence-corrected chi connectivity index (χ3v) is 4.14. The van der Waals surface area contributed by atoms with Crippen molar-refractivity contribution in [3.63, 3.8) is 0 Å². The maximum absolute atomic E-state index is 12.5. The van der Waals surface area contributed by atoms with E-state index in [1.807, 2.05) is 0 Å². The molecule has 0 aliphatic carbocycles. The highest BCUT2D eigenvalue weighted by Gasteiger charge is 2.33. The minimum atomic E-state index is -4.54. The normalized spacial score (nSPS) is 11.5. The van der Waals surface area contributed by atoms with Crippen LogP contribution in [0.25, 0.3) is 11.3 Å². The van der Waals surface area contributed by atoms with Crippen LogP contribution >= 0.6 is 22.9 Å². The number of nitrogens with zero attached hydrogens (tertiary/aromatic N) is 3. The zero-order valence-electron chi connectivity index (χ0n) is 12.4. The number of carbonyl (C=O) groups is 1. The number of thiazole rings is 1. The Balaban J connectivity index is 1.64. The number of nitrogens with one attached hydrogen (secondary N) is 1. The summed E-state index contributed by atoms with van der Waals surface area (Å²) in [7, 11) is 0. The summed E-state index contributed by atoms with van der Waals surface area (Å²) in [4.78, 5) is 16.2. The summed E-state index contributed by atoms with van der Waals surface area (Å²) in [5.74, 6) is -0.520. The van der Waals surface area contributed by atoms with E-state index >= 15 is 0 Å². The molecular weight excluding hydrogens is 377 g/mol. The van der Waals surface area contributed by atoms with Crippen molar-refractivity contribution in [2.45, 2.75) is 12.7 Å². The molecule has 0 spiro atoms. The van der Waals surface area contributed by atoms with Gasteiger partial charge in [-0.15, -0.1) is 11.3 Å². The van der Waals surface area contributed by atoms with Gasteiger partial charge in [0.25, 0.3) is 0 Å². The van der Waals surface area contributed by atoms with E-state index in [-0.39, 0.29) is 6.54 Å². The highest BCUT2D eigenvalue weighted by molar-refractivity contribution is 7.14. The fourth-order valence-electron chi connectivity index (χ4n) is 1.99. The number of hydrogen-bond donors (Lipinski definition) is 1. The van der Waals surface area contributed by atoms with Crippen LogP contribution < -0.4 is 5.32 Å². The molecule has 25 heavy (non-hydrogen) atoms. The monoisotopic (exact) mass is 386 g/mol. The molecule has 0 aliphatic heterocycles. The first kappa shape index (κ1) is 17.4. The molecule has 0 saturated heterocycles. The number of halogens is 4. The Bertz CT molecular complexity index is 889. The molecule has 0 aliphatic rings. The van der Waals surface area contributed by atoms with E-state index in [2.05, 4.69) is 15.4 Å². The summed E-state index contributed by atoms with van der Waals surface area (Å²) < 4.78 is 38.4. The lowest BCUT2D eigenvalue weighted by Crippen LogP contribution is -2.19. The van der Waals surface area contributed by atoms with Crippen molar-refractivity contribution in [1.29, 1.82) is 0 Å². The number of rotatable bonds is 4. The number of hydrogen-bond acceptors (Lipinski definition) is 4. The summed E-state index contributed by atoms with van der Waals surface area (Å²) in [6.45, 7) is -0.341. The predicted molar refractivity (Wildman–Crippen MR) is 88.4 cm³/mol. The van der Waals surface area contributed by atoms with E-state index in [0.29, 0.717) is 15.8 Å². The van der Waals surface area contributed by atoms with Crippen molar-refractivity contribution in [1.82, 2.24) is 14.8 Å². The summed E-state index contributed by atoms with van der Waals surface area (Å²) in [5, 5.41) is 8.57. The van der Waals surface area contributed by atoms with Gasteiger partial charge in [-0.05, 0) is 18.2 Å². The Hall–Kier alpha value is -2.39. The molecule has 1 N–H and O–H groups in total. The quantitative estimate of drug-likeness (QED) is 0.726. The van der Waals surface area contributed by atoms with Crippen LogP contribution in [-0.2, 0) is 17.5 Å². The summed E-state index contributed by atoms with van der Waals surface area (Å²) in [6, 6.07) is 7.86. The third-order valence-electron chi connectivity index (χ3n) is 3.13. The molecule has 0 radical (unpaired) electrons. The number of anilines is 1. The molecule has 5 nitrogen and oxygen atoms in total. The van der Waals surface area contributed by atoms with Gasteiger partial charge in [-0.1, -0.05) is 23.7 Å². The van der Waals surface area contributed by atoms with Gasteiger partial charge in [0.15, 0.2) is 10.8 Å². The van der Waals surface area contributed by atoms with Gasteiger partial charge in [-0.3, -0.25) is 9.48 Å². The second kappa shape index (κ2) is 6.85. The zero-order valence-corrected chi connectivity index (χ0v) is 14.0. The molecular formula is C15H10ClF3N4OS. The highest BCUT2D eigenvalue weighted by Crippen LogP contribution is 2.27. The number of benzene rings is 1. The van der Waals surface area contributed by atoms with Gasteiger partial charge in [-0.2, -0.15) is 18.3 Å². The molecule has 0 saturated carbocycles. The van der Waals surface area contributed by atoms with Crippen LogP contribution in [0.5, 0.6) is 0 Å². The van der Waals surface area contributed by atoms with Crippen LogP contribution in [0.3, 0.4) is 0 Å². The smallest absolute Gasteiger partial charge is 0.300 e. The Labute approximate surface area is 149 Å². The highest BCUT2D eigenvalue weighted by atomic mass is 35.5. The molecule has 2 heterocycles. The van der Waals surface area contributed by atoms with Crippen LogP contribution in [0, 0.1) is 0 Å². The summed E-state index contributed by atoms with van der Waals surface area (Å²) in [5.41, 5.74) is 0.457. The molecule has 1 aromatic carbocycles. The lowest BCUT2D eigenvalue weighted by Gasteiger charge is -2.03. The third kappa shape index (κ3) is 4.37. The van der Waals surface area contributed by atoms with Crippen molar-refractivity contribution < 1.29 is 18.0 Å². The van der Waals surface area contributed by atoms with Gasteiger partial charge in [-0.25, -0.2) is 4.98 Å². The maximum Gasteiger partial charge on any atom is 0.435 e. The van der Waals surface area contributed by atoms with E-state index in [4.69, 9.17) is 11.6 Å². The molecule has 3 rings (SSSR count). The molecule has 2 aromatic heterocycles. The van der Waals surface area contributed by atoms with Gasteiger partial charge < -0.3 is 5.32 Å². The van der Waals surface area contributed by atoms with Gasteiger partial charge in [0, 0.05) is 22.2 Å². The minimum absolute atomic E-state index is 0.341. The van der Waals surface area contributed by atoms with E-state index in [0.717, 1.165) is 22.5 Å². The largest absolute Gasteiger partial charge is 0.435 e. The standard InChI is InChI=1S/C15H10ClF3N4OS/c16-10-3-1-9(2-4-10)11-8-25-14(20-11)21-13(24)7-23-6-5-12(22-23)15(17,18)19/h1-6,8H,7H2,(H,20,21,24). The van der Waals surface area contributed by atoms with Crippen LogP contribution in [0.1, 0.15) is 5.69 Å². The van der Waals surface area contributed by atoms with Crippen molar-refractivity contribution in [2.24, 2.45) is 0 Å². The Kier molecular flexibility index (Phi) is 4.78. The molecule has 3 aromatic rings. The van der Waals surface area contributed by atoms with E-state index in [1.165, 1.54) is 11.3 Å². The molecule has 1 amide bonds. The van der Waals surface area contributed by atoms with Gasteiger partial charge in [0.05, 0.1) is 5.69 Å². The van der Waals surface area contributed by atoms with Crippen LogP contribution in [0.15, 0.2) is 41.9 Å². The molecule has 0 unspecified atom stereocenters. The first-order chi connectivity index (χ1) is 11.8. The molecule has 10 heteroatoms. The van der Waals surface area contributed by atoms with Gasteiger partial charge in [0.1, 0.15) is 6.54 Å². The maximum atomic E-state index is 12.5. The van der Waals surface area contributed by atoms with Crippen molar-refractivity contribution in [3.05, 3.63) is 52.6 Å². The Morgan fingerprint density at radius 3 is 2.60 bits per heavy atom. The number of carbonyl (C=O) groups excluding carboxylic acids is 1. The lowest BCUT2D eigenvalue weighted by molar-refractivity contribution is -0.141. The summed E-state index contributed by atoms with van der Waals surface area (Å²) in [6.07, 6.45) is -3.44. The molecule has 0 fully saturated rings. The fraction of sp³-hybridized carbons (Fsp3) is 0.133. The fourth-order valence-corrected chi connectivity index (χ4v) is 2.85. The number of aromatic nitrogens is 3. The number of amides is 1. The zero-order chi connectivity index (χ0) is 18.0. The summed E-state index contributed by atoms with van der Waals surface area (Å²) >= 11 is 7.04. The van der Waals surface area contributed by atoms with E-state index < -0.39 is 17.8 Å². The Morgan fingerprint density at radius 2 is 1.96 bits per heavy atom. The molecule has 0 bridgehead atoms. The average Bonchev–Trinajstić information content (AvgIpc) is 3.17. The van der Waals surface area contributed by atoms with Crippen LogP contribution in [-0.4, -0.2) is 20.7 Å². The van der Waals surface area contributed by atoms with Gasteiger partial charge >= 0.3 is 6.18 Å². The Morgan fingerprint density at radius 1 is 1.24 bits per heavy atom. The SMILES string of the molecule is O=C(Cn1ccc(C(F)(F)F)n1)Nc1nc(-c2ccc(Cl)cc2)cs1. The second-order valence-corrected chi connectivity index (χ2v) is 6.28. The van der Waals surface area contributed by atoms with E-state index in [9.17, 15) is 18.0 Å². The van der Waals surface area contributed by atoms with Crippen molar-refractivity contribution in [2.75, 3.05) is 5.32 Å². The van der Waals surface area contributed by atoms with E-state index in [1.54, 1.807) is 29.6 Å². The number of alkyl halides is 3. The second-order valence-electron chi connectivity index (χ2n) is 4.99. The predicted octanol–water partition coefficient (Wildman–Crippen LogP) is 4.32.